The van der Waals surface area contributed by atoms with Crippen molar-refractivity contribution in [3.8, 4) is 0 Å². The lowest BCUT2D eigenvalue weighted by atomic mass is 9.72. The highest BCUT2D eigenvalue weighted by atomic mass is 16.1. The third-order valence-electron chi connectivity index (χ3n) is 6.70. The molecule has 3 heteroatoms. The van der Waals surface area contributed by atoms with E-state index in [1.165, 1.54) is 18.9 Å². The number of carbonyl (C=O) groups is 3. The maximum absolute atomic E-state index is 12.7. The Kier molecular flexibility index (Phi) is 14.9. The van der Waals surface area contributed by atoms with Crippen molar-refractivity contribution < 1.29 is 14.4 Å². The summed E-state index contributed by atoms with van der Waals surface area (Å²) in [5.41, 5.74) is 4.46. The Morgan fingerprint density at radius 1 is 0.917 bits per heavy atom. The molecular formula is C33H48O3. The number of hydrogen-bond acceptors (Lipinski definition) is 3. The second-order valence-electron chi connectivity index (χ2n) is 10.3. The molecule has 198 valence electrons. The summed E-state index contributed by atoms with van der Waals surface area (Å²) in [5, 5.41) is 0. The predicted molar refractivity (Wildman–Crippen MR) is 152 cm³/mol. The van der Waals surface area contributed by atoms with Gasteiger partial charge in [0.1, 0.15) is 11.6 Å². The fraction of sp³-hybridized carbons (Fsp3) is 0.545. The van der Waals surface area contributed by atoms with Crippen molar-refractivity contribution >= 4 is 17.3 Å². The largest absolute Gasteiger partial charge is 0.300 e. The van der Waals surface area contributed by atoms with E-state index >= 15 is 0 Å². The van der Waals surface area contributed by atoms with Gasteiger partial charge in [0, 0.05) is 17.9 Å². The Morgan fingerprint density at radius 3 is 2.06 bits per heavy atom. The van der Waals surface area contributed by atoms with Gasteiger partial charge < -0.3 is 0 Å². The summed E-state index contributed by atoms with van der Waals surface area (Å²) in [5.74, 6) is 0.770. The first-order valence-electron chi connectivity index (χ1n) is 13.8. The van der Waals surface area contributed by atoms with Crippen molar-refractivity contribution in [2.45, 2.75) is 99.8 Å². The Morgan fingerprint density at radius 2 is 1.56 bits per heavy atom. The van der Waals surface area contributed by atoms with E-state index in [1.807, 2.05) is 44.2 Å². The molecule has 0 amide bonds. The fourth-order valence-electron chi connectivity index (χ4n) is 5.23. The van der Waals surface area contributed by atoms with Crippen molar-refractivity contribution in [2.24, 2.45) is 17.8 Å². The van der Waals surface area contributed by atoms with Gasteiger partial charge >= 0.3 is 0 Å². The van der Waals surface area contributed by atoms with E-state index in [1.54, 1.807) is 0 Å². The Balaban J connectivity index is 0.000000540. The number of carbonyl (C=O) groups excluding carboxylic acids is 3. The zero-order valence-electron chi connectivity index (χ0n) is 23.7. The molecule has 0 heterocycles. The molecule has 0 radical (unpaired) electrons. The number of rotatable bonds is 9. The summed E-state index contributed by atoms with van der Waals surface area (Å²) in [6.07, 6.45) is 6.46. The minimum absolute atomic E-state index is 0.0460. The Hall–Kier alpha value is -2.55. The van der Waals surface area contributed by atoms with Gasteiger partial charge in [0.2, 0.25) is 0 Å². The molecule has 0 fully saturated rings. The first-order valence-corrected chi connectivity index (χ1v) is 13.8. The molecule has 3 nitrogen and oxygen atoms in total. The number of ketones is 3. The molecule has 36 heavy (non-hydrogen) atoms. The number of benzene rings is 2. The molecule has 2 aromatic rings. The molecule has 0 bridgehead atoms. The fourth-order valence-corrected chi connectivity index (χ4v) is 5.23. The summed E-state index contributed by atoms with van der Waals surface area (Å²) >= 11 is 0. The summed E-state index contributed by atoms with van der Waals surface area (Å²) < 4.78 is 0. The molecule has 2 aromatic carbocycles. The smallest absolute Gasteiger partial charge is 0.163 e. The standard InChI is InChI=1S/C23H32O3.C7H8.C3H8/c1-5-8-18(20(6-2)21(25)11-16(4)24)12-17-13-19-10-7-9-15(3)23(19)22(26)14-17;1-7-5-3-2-4-6-7;1-3-2/h7,9-10,17-18,20H,5-6,8,11-14H2,1-4H3;2-6H,1H3;3H2,1-2H3. The maximum atomic E-state index is 12.7. The lowest BCUT2D eigenvalue weighted by molar-refractivity contribution is -0.129. The second kappa shape index (κ2) is 17.0. The van der Waals surface area contributed by atoms with Gasteiger partial charge in [-0.05, 0) is 63.0 Å². The zero-order valence-corrected chi connectivity index (χ0v) is 23.7. The molecule has 0 saturated carbocycles. The van der Waals surface area contributed by atoms with Crippen LogP contribution in [0.1, 0.15) is 107 Å². The van der Waals surface area contributed by atoms with E-state index in [2.05, 4.69) is 45.9 Å². The zero-order chi connectivity index (χ0) is 27.1. The van der Waals surface area contributed by atoms with Gasteiger partial charge in [-0.1, -0.05) is 101 Å². The van der Waals surface area contributed by atoms with E-state index in [9.17, 15) is 14.4 Å². The average Bonchev–Trinajstić information content (AvgIpc) is 2.80. The summed E-state index contributed by atoms with van der Waals surface area (Å²) in [6, 6.07) is 16.4. The minimum Gasteiger partial charge on any atom is -0.300 e. The molecular weight excluding hydrogens is 444 g/mol. The van der Waals surface area contributed by atoms with Crippen molar-refractivity contribution in [1.82, 2.24) is 0 Å². The van der Waals surface area contributed by atoms with Crippen LogP contribution in [0.5, 0.6) is 0 Å². The van der Waals surface area contributed by atoms with E-state index < -0.39 is 0 Å². The SMILES string of the molecule is CCC.CCCC(CC1CC(=O)c2c(C)cccc2C1)C(CC)C(=O)CC(C)=O.Cc1ccccc1. The van der Waals surface area contributed by atoms with Gasteiger partial charge in [-0.2, -0.15) is 0 Å². The van der Waals surface area contributed by atoms with Crippen molar-refractivity contribution in [3.05, 3.63) is 70.8 Å². The molecule has 3 unspecified atom stereocenters. The monoisotopic (exact) mass is 492 g/mol. The average molecular weight is 493 g/mol. The van der Waals surface area contributed by atoms with Crippen LogP contribution in [0, 0.1) is 31.6 Å². The number of Topliss-reactive ketones (excluding diaryl/α,β-unsaturated/α-hetero) is 3. The van der Waals surface area contributed by atoms with Crippen LogP contribution >= 0.6 is 0 Å². The molecule has 0 saturated heterocycles. The number of fused-ring (bicyclic) bond motifs is 1. The predicted octanol–water partition coefficient (Wildman–Crippen LogP) is 8.53. The summed E-state index contributed by atoms with van der Waals surface area (Å²) in [4.78, 5) is 36.6. The van der Waals surface area contributed by atoms with E-state index in [0.717, 1.165) is 48.8 Å². The maximum Gasteiger partial charge on any atom is 0.163 e. The molecule has 3 atom stereocenters. The van der Waals surface area contributed by atoms with Crippen LogP contribution in [0.3, 0.4) is 0 Å². The molecule has 1 aliphatic carbocycles. The normalized spacial score (nSPS) is 15.9. The molecule has 3 rings (SSSR count). The van der Waals surface area contributed by atoms with Crippen molar-refractivity contribution in [1.29, 1.82) is 0 Å². The van der Waals surface area contributed by atoms with Gasteiger partial charge in [0.05, 0.1) is 6.42 Å². The molecule has 0 spiro atoms. The van der Waals surface area contributed by atoms with Crippen LogP contribution in [0.2, 0.25) is 0 Å². The van der Waals surface area contributed by atoms with Gasteiger partial charge in [0.15, 0.2) is 5.78 Å². The van der Waals surface area contributed by atoms with Crippen LogP contribution in [-0.2, 0) is 16.0 Å². The van der Waals surface area contributed by atoms with Crippen LogP contribution < -0.4 is 0 Å². The van der Waals surface area contributed by atoms with Crippen LogP contribution in [0.25, 0.3) is 0 Å². The Bertz CT molecular complexity index is 945. The Labute approximate surface area is 220 Å². The highest BCUT2D eigenvalue weighted by molar-refractivity contribution is 6.00. The van der Waals surface area contributed by atoms with E-state index in [-0.39, 0.29) is 35.6 Å². The van der Waals surface area contributed by atoms with Gasteiger partial charge in [-0.25, -0.2) is 0 Å². The van der Waals surface area contributed by atoms with Crippen molar-refractivity contribution in [2.75, 3.05) is 0 Å². The van der Waals surface area contributed by atoms with Crippen LogP contribution in [0.15, 0.2) is 48.5 Å². The van der Waals surface area contributed by atoms with Gasteiger partial charge in [0.25, 0.3) is 0 Å². The van der Waals surface area contributed by atoms with E-state index in [4.69, 9.17) is 0 Å². The minimum atomic E-state index is -0.0622. The topological polar surface area (TPSA) is 51.2 Å². The first-order chi connectivity index (χ1) is 17.2. The highest BCUT2D eigenvalue weighted by Gasteiger charge is 2.32. The third-order valence-corrected chi connectivity index (χ3v) is 6.70. The van der Waals surface area contributed by atoms with Gasteiger partial charge in [-0.15, -0.1) is 0 Å². The van der Waals surface area contributed by atoms with E-state index in [0.29, 0.717) is 12.3 Å². The lowest BCUT2D eigenvalue weighted by Crippen LogP contribution is -2.29. The quantitative estimate of drug-likeness (QED) is 0.330. The third kappa shape index (κ3) is 10.6. The molecule has 0 aliphatic heterocycles. The van der Waals surface area contributed by atoms with Crippen LogP contribution in [0.4, 0.5) is 0 Å². The molecule has 1 aliphatic rings. The second-order valence-corrected chi connectivity index (χ2v) is 10.3. The first kappa shape index (κ1) is 31.5. The van der Waals surface area contributed by atoms with Crippen LogP contribution in [-0.4, -0.2) is 17.3 Å². The van der Waals surface area contributed by atoms with Crippen molar-refractivity contribution in [3.63, 3.8) is 0 Å². The summed E-state index contributed by atoms with van der Waals surface area (Å²) in [6.45, 7) is 14.0. The highest BCUT2D eigenvalue weighted by Crippen LogP contribution is 2.36. The summed E-state index contributed by atoms with van der Waals surface area (Å²) in [7, 11) is 0. The number of aryl methyl sites for hydroxylation is 2. The van der Waals surface area contributed by atoms with Gasteiger partial charge in [-0.3, -0.25) is 14.4 Å². The lowest BCUT2D eigenvalue weighted by Gasteiger charge is -2.31. The number of hydrogen-bond donors (Lipinski definition) is 0. The molecule has 0 N–H and O–H groups in total. The molecule has 0 aromatic heterocycles.